The average Bonchev–Trinajstić information content (AvgIpc) is 4.27. The normalized spacial score (nSPS) is 14.0. The molecule has 0 saturated carbocycles. The third kappa shape index (κ3) is 8.54. The van der Waals surface area contributed by atoms with Gasteiger partial charge >= 0.3 is 0 Å². The number of fused-ring (bicyclic) bond motifs is 8. The molecule has 7 aromatic rings. The molecular formula is C56H58N4O14. The monoisotopic (exact) mass is 1010 g/mol. The van der Waals surface area contributed by atoms with Crippen molar-refractivity contribution in [1.82, 2.24) is 19.9 Å². The Morgan fingerprint density at radius 1 is 0.338 bits per heavy atom. The van der Waals surface area contributed by atoms with Crippen LogP contribution in [0.25, 0.3) is 66.6 Å². The van der Waals surface area contributed by atoms with Crippen LogP contribution in [0.3, 0.4) is 0 Å². The van der Waals surface area contributed by atoms with Gasteiger partial charge in [0.15, 0.2) is 46.0 Å². The van der Waals surface area contributed by atoms with E-state index in [2.05, 4.69) is 9.97 Å². The van der Waals surface area contributed by atoms with Crippen molar-refractivity contribution in [2.24, 2.45) is 0 Å². The zero-order valence-electron chi connectivity index (χ0n) is 43.2. The van der Waals surface area contributed by atoms with Crippen LogP contribution in [0.2, 0.25) is 0 Å². The van der Waals surface area contributed by atoms with Crippen LogP contribution in [-0.4, -0.2) is 115 Å². The van der Waals surface area contributed by atoms with Crippen molar-refractivity contribution in [3.05, 3.63) is 95.6 Å². The Labute approximate surface area is 427 Å². The summed E-state index contributed by atoms with van der Waals surface area (Å²) in [5.74, 6) is 4.68. The standard InChI is InChI=1S/C56H58N4O14/c1-63-37-19-27(20-38(64-2)53(37)71-9)45-31-13-14-32(57-31)46(28-21-39(65-3)54(72-10)40(22-28)66-4)34-16-18-36(59-34)48(30-25-43(69-7)56(74-12)44(26-30)70-8)50-52(62)51(61)49(60-50)47(35-17-15-33(45)58-35)29-23-41(67-5)55(73-11)42(24-29)68-6/h15-26,51-52,58-59,61-62H,13-14H2,1-12H3/t51-,52+. The fourth-order valence-corrected chi connectivity index (χ4v) is 9.96. The van der Waals surface area contributed by atoms with Crippen LogP contribution in [0.5, 0.6) is 69.0 Å². The first kappa shape index (κ1) is 50.5. The van der Waals surface area contributed by atoms with Crippen molar-refractivity contribution in [1.29, 1.82) is 0 Å². The van der Waals surface area contributed by atoms with Crippen molar-refractivity contribution in [2.45, 2.75) is 25.0 Å². The maximum Gasteiger partial charge on any atom is 0.203 e. The van der Waals surface area contributed by atoms with Crippen molar-refractivity contribution < 1.29 is 67.1 Å². The fourth-order valence-electron chi connectivity index (χ4n) is 9.96. The number of rotatable bonds is 16. The number of methoxy groups -OCH3 is 12. The highest BCUT2D eigenvalue weighted by molar-refractivity contribution is 5.94. The van der Waals surface area contributed by atoms with Gasteiger partial charge < -0.3 is 77.0 Å². The second kappa shape index (κ2) is 20.9. The van der Waals surface area contributed by atoms with Gasteiger partial charge in [-0.05, 0) is 108 Å². The number of hydrogen-bond donors (Lipinski definition) is 4. The third-order valence-electron chi connectivity index (χ3n) is 13.3. The molecule has 4 aromatic carbocycles. The van der Waals surface area contributed by atoms with E-state index in [4.69, 9.17) is 66.8 Å². The minimum Gasteiger partial charge on any atom is -0.493 e. The molecule has 0 fully saturated rings. The third-order valence-corrected chi connectivity index (χ3v) is 13.3. The number of nitrogens with zero attached hydrogens (tertiary/aromatic N) is 2. The molecule has 18 nitrogen and oxygen atoms in total. The molecule has 3 aromatic heterocycles. The molecule has 2 atom stereocenters. The molecule has 74 heavy (non-hydrogen) atoms. The van der Waals surface area contributed by atoms with Crippen molar-refractivity contribution in [3.8, 4) is 114 Å². The Balaban J connectivity index is 1.54. The molecule has 0 aliphatic carbocycles. The summed E-state index contributed by atoms with van der Waals surface area (Å²) < 4.78 is 70.1. The lowest BCUT2D eigenvalue weighted by atomic mass is 9.96. The summed E-state index contributed by atoms with van der Waals surface area (Å²) in [6, 6.07) is 22.2. The highest BCUT2D eigenvalue weighted by Crippen LogP contribution is 2.51. The number of aliphatic hydroxyl groups excluding tert-OH is 2. The molecule has 2 aliphatic rings. The van der Waals surface area contributed by atoms with Crippen LogP contribution in [0.1, 0.15) is 35.0 Å². The smallest absolute Gasteiger partial charge is 0.203 e. The van der Waals surface area contributed by atoms with E-state index in [9.17, 15) is 10.2 Å². The molecule has 0 spiro atoms. The van der Waals surface area contributed by atoms with Crippen molar-refractivity contribution in [2.75, 3.05) is 85.3 Å². The summed E-state index contributed by atoms with van der Waals surface area (Å²) in [6.07, 6.45) is -2.16. The summed E-state index contributed by atoms with van der Waals surface area (Å²) in [6.45, 7) is 0. The topological polar surface area (TPSA) is 209 Å². The highest BCUT2D eigenvalue weighted by Gasteiger charge is 2.36. The molecule has 0 radical (unpaired) electrons. The molecular weight excluding hydrogens is 953 g/mol. The first-order chi connectivity index (χ1) is 36.0. The van der Waals surface area contributed by atoms with Crippen LogP contribution >= 0.6 is 0 Å². The molecule has 0 saturated heterocycles. The Bertz CT molecular complexity index is 3130. The van der Waals surface area contributed by atoms with E-state index in [0.29, 0.717) is 137 Å². The zero-order valence-corrected chi connectivity index (χ0v) is 43.2. The molecule has 2 aliphatic heterocycles. The minimum absolute atomic E-state index is 0.131. The lowest BCUT2D eigenvalue weighted by Crippen LogP contribution is -2.06. The van der Waals surface area contributed by atoms with Gasteiger partial charge in [0.2, 0.25) is 23.0 Å². The Morgan fingerprint density at radius 2 is 0.568 bits per heavy atom. The van der Waals surface area contributed by atoms with Crippen molar-refractivity contribution in [3.63, 3.8) is 0 Å². The molecule has 386 valence electrons. The second-order valence-electron chi connectivity index (χ2n) is 17.0. The first-order valence-electron chi connectivity index (χ1n) is 23.3. The van der Waals surface area contributed by atoms with Crippen LogP contribution in [0.4, 0.5) is 0 Å². The van der Waals surface area contributed by atoms with Gasteiger partial charge in [0, 0.05) is 44.3 Å². The Kier molecular flexibility index (Phi) is 14.3. The predicted molar refractivity (Wildman–Crippen MR) is 279 cm³/mol. The van der Waals surface area contributed by atoms with Gasteiger partial charge in [-0.25, -0.2) is 0 Å². The number of ether oxygens (including phenoxy) is 12. The molecule has 5 heterocycles. The van der Waals surface area contributed by atoms with Gasteiger partial charge in [-0.15, -0.1) is 0 Å². The van der Waals surface area contributed by atoms with Gasteiger partial charge in [0.25, 0.3) is 0 Å². The Morgan fingerprint density at radius 3 is 0.797 bits per heavy atom. The molecule has 18 heteroatoms. The number of aryl methyl sites for hydroxylation is 2. The lowest BCUT2D eigenvalue weighted by molar-refractivity contribution is 0.0260. The SMILES string of the molecule is COc1cc(-c2c3nc(c(-c4cc(OC)c(OC)c(OC)c4)c4ccc([nH]4)c(-c4cc(OC)c(OC)c(OC)c4)c4nc(c(-c5cc(OC)c(OC)c(OC)c5)c5ccc2[nH]5)[C@@H](O)[C@H]4O)CC3)cc(OC)c1OC. The molecule has 0 unspecified atom stereocenters. The van der Waals surface area contributed by atoms with E-state index in [1.54, 1.807) is 66.9 Å². The fraction of sp³-hybridized carbons (Fsp3) is 0.286. The van der Waals surface area contributed by atoms with Gasteiger partial charge in [-0.2, -0.15) is 0 Å². The van der Waals surface area contributed by atoms with E-state index in [0.717, 1.165) is 22.5 Å². The van der Waals surface area contributed by atoms with E-state index < -0.39 is 12.2 Å². The van der Waals surface area contributed by atoms with E-state index in [1.807, 2.05) is 48.5 Å². The number of aromatic amines is 2. The largest absolute Gasteiger partial charge is 0.493 e. The first-order valence-corrected chi connectivity index (χ1v) is 23.3. The lowest BCUT2D eigenvalue weighted by Gasteiger charge is -2.17. The minimum atomic E-state index is -1.58. The van der Waals surface area contributed by atoms with E-state index >= 15 is 0 Å². The summed E-state index contributed by atoms with van der Waals surface area (Å²) >= 11 is 0. The molecule has 4 N–H and O–H groups in total. The molecule has 9 rings (SSSR count). The number of aromatic nitrogens is 4. The van der Waals surface area contributed by atoms with Gasteiger partial charge in [0.05, 0.1) is 108 Å². The Hall–Kier alpha value is -8.48. The molecule has 0 amide bonds. The van der Waals surface area contributed by atoms with E-state index in [-0.39, 0.29) is 11.4 Å². The summed E-state index contributed by atoms with van der Waals surface area (Å²) in [7, 11) is 18.5. The van der Waals surface area contributed by atoms with Crippen LogP contribution in [0.15, 0.2) is 72.8 Å². The summed E-state index contributed by atoms with van der Waals surface area (Å²) in [5.41, 5.74) is 8.76. The van der Waals surface area contributed by atoms with Crippen LogP contribution < -0.4 is 56.8 Å². The van der Waals surface area contributed by atoms with Gasteiger partial charge in [-0.1, -0.05) is 0 Å². The average molecular weight is 1010 g/mol. The maximum absolute atomic E-state index is 12.6. The highest BCUT2D eigenvalue weighted by atomic mass is 16.6. The predicted octanol–water partition coefficient (Wildman–Crippen LogP) is 9.64. The zero-order chi connectivity index (χ0) is 52.5. The van der Waals surface area contributed by atoms with Crippen LogP contribution in [0, 0.1) is 0 Å². The van der Waals surface area contributed by atoms with Gasteiger partial charge in [0.1, 0.15) is 12.2 Å². The van der Waals surface area contributed by atoms with Crippen molar-refractivity contribution >= 4 is 22.1 Å². The number of benzene rings is 4. The maximum atomic E-state index is 12.6. The second-order valence-corrected chi connectivity index (χ2v) is 17.0. The van der Waals surface area contributed by atoms with E-state index in [1.165, 1.54) is 42.7 Å². The number of hydrogen-bond acceptors (Lipinski definition) is 16. The summed E-state index contributed by atoms with van der Waals surface area (Å²) in [4.78, 5) is 18.2. The quantitative estimate of drug-likeness (QED) is 0.0710. The number of nitrogens with one attached hydrogen (secondary N) is 2. The number of aliphatic hydroxyl groups is 2. The molecule has 8 bridgehead atoms. The number of H-pyrrole nitrogens is 2. The summed E-state index contributed by atoms with van der Waals surface area (Å²) in [5, 5.41) is 25.1. The van der Waals surface area contributed by atoms with Gasteiger partial charge in [-0.3, -0.25) is 9.97 Å². The van der Waals surface area contributed by atoms with Crippen LogP contribution in [-0.2, 0) is 12.8 Å².